The van der Waals surface area contributed by atoms with Crippen LogP contribution >= 0.6 is 0 Å². The SMILES string of the molecule is Cc1c(C(=O)Oc2ccc3c(c2)OC(N)=C(C#N)C3c2ccc(C(C)(C)C)cc2)oc2ccccc12. The molecule has 36 heavy (non-hydrogen) atoms. The number of esters is 1. The molecule has 0 amide bonds. The second-order valence-electron chi connectivity index (χ2n) is 9.94. The molecule has 3 aromatic carbocycles. The van der Waals surface area contributed by atoms with Gasteiger partial charge in [-0.25, -0.2) is 4.79 Å². The Morgan fingerprint density at radius 3 is 2.44 bits per heavy atom. The Balaban J connectivity index is 1.48. The zero-order valence-electron chi connectivity index (χ0n) is 20.6. The Morgan fingerprint density at radius 2 is 1.78 bits per heavy atom. The molecular weight excluding hydrogens is 452 g/mol. The van der Waals surface area contributed by atoms with E-state index in [4.69, 9.17) is 19.6 Å². The van der Waals surface area contributed by atoms with Crippen molar-refractivity contribution >= 4 is 16.9 Å². The quantitative estimate of drug-likeness (QED) is 0.267. The van der Waals surface area contributed by atoms with Crippen LogP contribution in [0.15, 0.2) is 82.6 Å². The number of nitrogens with two attached hydrogens (primary N) is 1. The number of hydrogen-bond donors (Lipinski definition) is 1. The third-order valence-corrected chi connectivity index (χ3v) is 6.54. The van der Waals surface area contributed by atoms with Gasteiger partial charge in [-0.3, -0.25) is 0 Å². The lowest BCUT2D eigenvalue weighted by atomic mass is 9.81. The molecule has 0 saturated carbocycles. The topological polar surface area (TPSA) is 98.5 Å². The molecule has 1 unspecified atom stereocenters. The van der Waals surface area contributed by atoms with Crippen molar-refractivity contribution in [2.45, 2.75) is 39.0 Å². The van der Waals surface area contributed by atoms with Gasteiger partial charge >= 0.3 is 5.97 Å². The highest BCUT2D eigenvalue weighted by atomic mass is 16.5. The molecule has 180 valence electrons. The minimum atomic E-state index is -0.602. The van der Waals surface area contributed by atoms with Crippen molar-refractivity contribution in [3.05, 3.63) is 106 Å². The van der Waals surface area contributed by atoms with Gasteiger partial charge in [0.1, 0.15) is 28.7 Å². The third kappa shape index (κ3) is 3.99. The van der Waals surface area contributed by atoms with Crippen molar-refractivity contribution < 1.29 is 18.7 Å². The summed E-state index contributed by atoms with van der Waals surface area (Å²) >= 11 is 0. The van der Waals surface area contributed by atoms with Crippen LogP contribution in [0.2, 0.25) is 0 Å². The maximum Gasteiger partial charge on any atom is 0.379 e. The Labute approximate surface area is 209 Å². The fourth-order valence-electron chi connectivity index (χ4n) is 4.54. The van der Waals surface area contributed by atoms with Crippen LogP contribution in [-0.2, 0) is 5.41 Å². The molecule has 0 saturated heterocycles. The van der Waals surface area contributed by atoms with E-state index in [1.54, 1.807) is 18.2 Å². The fourth-order valence-corrected chi connectivity index (χ4v) is 4.54. The molecule has 2 N–H and O–H groups in total. The molecule has 4 aromatic rings. The highest BCUT2D eigenvalue weighted by Crippen LogP contribution is 2.44. The molecule has 0 aliphatic carbocycles. The number of aryl methyl sites for hydroxylation is 1. The first-order valence-electron chi connectivity index (χ1n) is 11.7. The average Bonchev–Trinajstić information content (AvgIpc) is 3.19. The summed E-state index contributed by atoms with van der Waals surface area (Å²) in [6, 6.07) is 22.9. The molecule has 1 aromatic heterocycles. The maximum atomic E-state index is 12.9. The molecule has 6 nitrogen and oxygen atoms in total. The zero-order valence-corrected chi connectivity index (χ0v) is 20.6. The highest BCUT2D eigenvalue weighted by Gasteiger charge is 2.31. The number of allylic oxidation sites excluding steroid dienone is 1. The van der Waals surface area contributed by atoms with Gasteiger partial charge in [0.25, 0.3) is 0 Å². The molecule has 1 atom stereocenters. The lowest BCUT2D eigenvalue weighted by Crippen LogP contribution is -2.21. The number of hydrogen-bond acceptors (Lipinski definition) is 6. The smallest absolute Gasteiger partial charge is 0.379 e. The van der Waals surface area contributed by atoms with E-state index in [0.717, 1.165) is 22.1 Å². The molecule has 1 aliphatic heterocycles. The largest absolute Gasteiger partial charge is 0.449 e. The van der Waals surface area contributed by atoms with Crippen LogP contribution in [0.25, 0.3) is 11.0 Å². The second kappa shape index (κ2) is 8.62. The molecule has 0 spiro atoms. The Hall–Kier alpha value is -4.50. The summed E-state index contributed by atoms with van der Waals surface area (Å²) in [5.41, 5.74) is 10.7. The Kier molecular flexibility index (Phi) is 5.57. The first-order chi connectivity index (χ1) is 17.2. The number of carbonyl (C=O) groups excluding carboxylic acids is 1. The van der Waals surface area contributed by atoms with Crippen molar-refractivity contribution in [2.24, 2.45) is 5.73 Å². The van der Waals surface area contributed by atoms with Crippen LogP contribution in [-0.4, -0.2) is 5.97 Å². The number of benzene rings is 3. The molecule has 0 fully saturated rings. The van der Waals surface area contributed by atoms with Crippen molar-refractivity contribution in [1.29, 1.82) is 5.26 Å². The summed E-state index contributed by atoms with van der Waals surface area (Å²) in [7, 11) is 0. The number of rotatable bonds is 3. The van der Waals surface area contributed by atoms with Crippen LogP contribution in [0.4, 0.5) is 0 Å². The predicted molar refractivity (Wildman–Crippen MR) is 137 cm³/mol. The standard InChI is InChI=1S/C30H26N2O4/c1-17-21-7-5-6-8-24(21)35-27(17)29(33)34-20-13-14-22-25(15-20)36-28(32)23(16-31)26(22)18-9-11-19(12-10-18)30(2,3)4/h5-15,26H,32H2,1-4H3. The number of ether oxygens (including phenoxy) is 2. The lowest BCUT2D eigenvalue weighted by Gasteiger charge is -2.27. The maximum absolute atomic E-state index is 12.9. The van der Waals surface area contributed by atoms with Crippen molar-refractivity contribution in [1.82, 2.24) is 0 Å². The molecule has 0 radical (unpaired) electrons. The summed E-state index contributed by atoms with van der Waals surface area (Å²) in [6.45, 7) is 8.28. The van der Waals surface area contributed by atoms with Crippen LogP contribution in [0, 0.1) is 18.3 Å². The molecule has 0 bridgehead atoms. The van der Waals surface area contributed by atoms with Crippen LogP contribution in [0.1, 0.15) is 59.5 Å². The first-order valence-corrected chi connectivity index (χ1v) is 11.7. The summed E-state index contributed by atoms with van der Waals surface area (Å²) < 4.78 is 17.1. The van der Waals surface area contributed by atoms with E-state index >= 15 is 0 Å². The number of nitrogens with zero attached hydrogens (tertiary/aromatic N) is 1. The second-order valence-corrected chi connectivity index (χ2v) is 9.94. The van der Waals surface area contributed by atoms with Gasteiger partial charge in [-0.2, -0.15) is 5.26 Å². The number of fused-ring (bicyclic) bond motifs is 2. The summed E-state index contributed by atoms with van der Waals surface area (Å²) in [4.78, 5) is 12.9. The number of nitriles is 1. The molecular formula is C30H26N2O4. The first kappa shape index (κ1) is 23.3. The van der Waals surface area contributed by atoms with Crippen molar-refractivity contribution in [3.8, 4) is 17.6 Å². The van der Waals surface area contributed by atoms with E-state index in [1.807, 2.05) is 43.3 Å². The van der Waals surface area contributed by atoms with E-state index in [9.17, 15) is 10.1 Å². The van der Waals surface area contributed by atoms with E-state index in [1.165, 1.54) is 5.56 Å². The van der Waals surface area contributed by atoms with E-state index < -0.39 is 11.9 Å². The molecule has 5 rings (SSSR count). The van der Waals surface area contributed by atoms with Crippen LogP contribution in [0.5, 0.6) is 11.5 Å². The summed E-state index contributed by atoms with van der Waals surface area (Å²) in [5.74, 6) is -0.0915. The number of furan rings is 1. The van der Waals surface area contributed by atoms with Crippen molar-refractivity contribution in [3.63, 3.8) is 0 Å². The average molecular weight is 479 g/mol. The summed E-state index contributed by atoms with van der Waals surface area (Å²) in [6.07, 6.45) is 0. The fraction of sp³-hybridized carbons (Fsp3) is 0.200. The van der Waals surface area contributed by atoms with Gasteiger partial charge in [0.05, 0.1) is 5.92 Å². The van der Waals surface area contributed by atoms with Gasteiger partial charge in [-0.15, -0.1) is 0 Å². The van der Waals surface area contributed by atoms with E-state index in [2.05, 4.69) is 39.0 Å². The normalized spacial score (nSPS) is 15.2. The number of para-hydroxylation sites is 1. The summed E-state index contributed by atoms with van der Waals surface area (Å²) in [5, 5.41) is 10.7. The third-order valence-electron chi connectivity index (χ3n) is 6.54. The minimum absolute atomic E-state index is 0.00993. The van der Waals surface area contributed by atoms with Gasteiger partial charge in [-0.1, -0.05) is 69.3 Å². The predicted octanol–water partition coefficient (Wildman–Crippen LogP) is 6.48. The highest BCUT2D eigenvalue weighted by molar-refractivity contribution is 5.96. The monoisotopic (exact) mass is 478 g/mol. The lowest BCUT2D eigenvalue weighted by molar-refractivity contribution is 0.0702. The number of carbonyl (C=O) groups is 1. The van der Waals surface area contributed by atoms with Gasteiger partial charge in [0, 0.05) is 22.6 Å². The zero-order chi connectivity index (χ0) is 25.6. The van der Waals surface area contributed by atoms with Gasteiger partial charge in [-0.05, 0) is 35.6 Å². The molecule has 1 aliphatic rings. The van der Waals surface area contributed by atoms with Gasteiger partial charge in [0.15, 0.2) is 0 Å². The van der Waals surface area contributed by atoms with Crippen LogP contribution in [0.3, 0.4) is 0 Å². The minimum Gasteiger partial charge on any atom is -0.449 e. The van der Waals surface area contributed by atoms with E-state index in [0.29, 0.717) is 16.9 Å². The van der Waals surface area contributed by atoms with E-state index in [-0.39, 0.29) is 22.8 Å². The Bertz CT molecular complexity index is 1560. The molecule has 2 heterocycles. The van der Waals surface area contributed by atoms with Crippen molar-refractivity contribution in [2.75, 3.05) is 0 Å². The Morgan fingerprint density at radius 1 is 1.06 bits per heavy atom. The van der Waals surface area contributed by atoms with Gasteiger partial charge < -0.3 is 19.6 Å². The van der Waals surface area contributed by atoms with Crippen LogP contribution < -0.4 is 15.2 Å². The van der Waals surface area contributed by atoms with Gasteiger partial charge in [0.2, 0.25) is 11.6 Å². The molecule has 6 heteroatoms.